The van der Waals surface area contributed by atoms with E-state index in [1.165, 1.54) is 0 Å². The average Bonchev–Trinajstić information content (AvgIpc) is 3.00. The number of allylic oxidation sites excluding steroid dienone is 1. The van der Waals surface area contributed by atoms with E-state index in [9.17, 15) is 9.36 Å². The highest BCUT2D eigenvalue weighted by Gasteiger charge is 2.61. The van der Waals surface area contributed by atoms with Gasteiger partial charge in [-0.25, -0.2) is 0 Å². The quantitative estimate of drug-likeness (QED) is 0.701. The highest BCUT2D eigenvalue weighted by atomic mass is 31.2. The van der Waals surface area contributed by atoms with Crippen LogP contribution < -0.4 is 0 Å². The number of fused-ring (bicyclic) bond motifs is 2. The van der Waals surface area contributed by atoms with E-state index >= 15 is 0 Å². The van der Waals surface area contributed by atoms with E-state index in [-0.39, 0.29) is 19.0 Å². The van der Waals surface area contributed by atoms with Gasteiger partial charge in [0.25, 0.3) is 0 Å². The third-order valence-corrected chi connectivity index (χ3v) is 7.94. The van der Waals surface area contributed by atoms with Crippen molar-refractivity contribution in [1.82, 2.24) is 0 Å². The molecule has 6 nitrogen and oxygen atoms in total. The van der Waals surface area contributed by atoms with Crippen LogP contribution in [0, 0.1) is 5.41 Å². The predicted octanol–water partition coefficient (Wildman–Crippen LogP) is 3.45. The maximum Gasteiger partial charge on any atom is 0.341 e. The molecule has 7 heteroatoms. The van der Waals surface area contributed by atoms with Crippen molar-refractivity contribution in [3.8, 4) is 0 Å². The van der Waals surface area contributed by atoms with Gasteiger partial charge in [-0.05, 0) is 39.2 Å². The van der Waals surface area contributed by atoms with Crippen LogP contribution >= 0.6 is 7.60 Å². The van der Waals surface area contributed by atoms with E-state index < -0.39 is 24.5 Å². The molecule has 1 saturated heterocycles. The summed E-state index contributed by atoms with van der Waals surface area (Å²) in [5, 5.41) is 0. The molecule has 0 N–H and O–H groups in total. The molecule has 24 heavy (non-hydrogen) atoms. The number of hydrogen-bond donors (Lipinski definition) is 0. The Bertz CT molecular complexity index is 570. The molecule has 3 aliphatic rings. The fourth-order valence-electron chi connectivity index (χ4n) is 4.34. The van der Waals surface area contributed by atoms with Crippen LogP contribution in [-0.4, -0.2) is 43.7 Å². The fraction of sp³-hybridized carbons (Fsp3) is 0.824. The Morgan fingerprint density at radius 2 is 1.88 bits per heavy atom. The number of carbonyl (C=O) groups is 1. The second-order valence-electron chi connectivity index (χ2n) is 6.80. The third kappa shape index (κ3) is 2.73. The van der Waals surface area contributed by atoms with Crippen LogP contribution in [0.3, 0.4) is 0 Å². The SMILES string of the molecule is CCOP(=O)(OCC)C1CC2(C)C(=CC1=O)CCCC21OCCO1. The van der Waals surface area contributed by atoms with Crippen molar-refractivity contribution in [1.29, 1.82) is 0 Å². The molecule has 2 aliphatic carbocycles. The normalized spacial score (nSPS) is 32.7. The number of rotatable bonds is 5. The minimum Gasteiger partial charge on any atom is -0.347 e. The Labute approximate surface area is 143 Å². The van der Waals surface area contributed by atoms with Gasteiger partial charge in [0, 0.05) is 11.8 Å². The molecule has 1 saturated carbocycles. The molecule has 0 aromatic rings. The molecule has 0 radical (unpaired) electrons. The zero-order chi connectivity index (χ0) is 17.4. The van der Waals surface area contributed by atoms with Gasteiger partial charge in [-0.2, -0.15) is 0 Å². The van der Waals surface area contributed by atoms with Gasteiger partial charge in [0.2, 0.25) is 0 Å². The molecule has 1 spiro atoms. The zero-order valence-corrected chi connectivity index (χ0v) is 15.6. The van der Waals surface area contributed by atoms with Crippen LogP contribution in [0.2, 0.25) is 0 Å². The zero-order valence-electron chi connectivity index (χ0n) is 14.7. The largest absolute Gasteiger partial charge is 0.347 e. The first-order valence-electron chi connectivity index (χ1n) is 8.82. The molecule has 0 aromatic heterocycles. The van der Waals surface area contributed by atoms with Crippen molar-refractivity contribution in [2.75, 3.05) is 26.4 Å². The molecule has 0 bridgehead atoms. The van der Waals surface area contributed by atoms with Crippen molar-refractivity contribution in [3.63, 3.8) is 0 Å². The summed E-state index contributed by atoms with van der Waals surface area (Å²) < 4.78 is 36.2. The number of hydrogen-bond acceptors (Lipinski definition) is 6. The molecular formula is C17H27O6P. The lowest BCUT2D eigenvalue weighted by molar-refractivity contribution is -0.236. The summed E-state index contributed by atoms with van der Waals surface area (Å²) in [4.78, 5) is 12.7. The monoisotopic (exact) mass is 358 g/mol. The smallest absolute Gasteiger partial charge is 0.341 e. The summed E-state index contributed by atoms with van der Waals surface area (Å²) in [5.41, 5.74) is -0.241. The second kappa shape index (κ2) is 6.65. The van der Waals surface area contributed by atoms with Gasteiger partial charge < -0.3 is 18.5 Å². The minimum atomic E-state index is -3.52. The summed E-state index contributed by atoms with van der Waals surface area (Å²) in [6.07, 6.45) is 4.57. The molecule has 0 amide bonds. The molecular weight excluding hydrogens is 331 g/mol. The van der Waals surface area contributed by atoms with Crippen LogP contribution in [0.1, 0.15) is 46.5 Å². The summed E-state index contributed by atoms with van der Waals surface area (Å²) in [6, 6.07) is 0. The van der Waals surface area contributed by atoms with Crippen LogP contribution in [0.5, 0.6) is 0 Å². The summed E-state index contributed by atoms with van der Waals surface area (Å²) in [5.74, 6) is -0.887. The summed E-state index contributed by atoms with van der Waals surface area (Å²) >= 11 is 0. The van der Waals surface area contributed by atoms with Crippen molar-refractivity contribution >= 4 is 13.4 Å². The van der Waals surface area contributed by atoms with Crippen LogP contribution in [0.15, 0.2) is 11.6 Å². The highest BCUT2D eigenvalue weighted by Crippen LogP contribution is 2.63. The summed E-state index contributed by atoms with van der Waals surface area (Å²) in [6.45, 7) is 7.16. The van der Waals surface area contributed by atoms with Crippen LogP contribution in [0.4, 0.5) is 0 Å². The van der Waals surface area contributed by atoms with E-state index in [0.717, 1.165) is 24.8 Å². The number of carbonyl (C=O) groups excluding carboxylic acids is 1. The van der Waals surface area contributed by atoms with Crippen molar-refractivity contribution in [3.05, 3.63) is 11.6 Å². The maximum atomic E-state index is 13.2. The number of ether oxygens (including phenoxy) is 2. The van der Waals surface area contributed by atoms with Crippen molar-refractivity contribution in [2.24, 2.45) is 5.41 Å². The lowest BCUT2D eigenvalue weighted by Gasteiger charge is -2.52. The van der Waals surface area contributed by atoms with Crippen LogP contribution in [-0.2, 0) is 27.9 Å². The van der Waals surface area contributed by atoms with Gasteiger partial charge in [0.05, 0.1) is 26.4 Å². The van der Waals surface area contributed by atoms with E-state index in [2.05, 4.69) is 6.92 Å². The summed E-state index contributed by atoms with van der Waals surface area (Å²) in [7, 11) is -3.52. The van der Waals surface area contributed by atoms with Crippen molar-refractivity contribution in [2.45, 2.75) is 57.9 Å². The van der Waals surface area contributed by atoms with Crippen LogP contribution in [0.25, 0.3) is 0 Å². The first-order valence-corrected chi connectivity index (χ1v) is 10.4. The Kier molecular flexibility index (Phi) is 5.07. The molecule has 2 fully saturated rings. The molecule has 3 rings (SSSR count). The Morgan fingerprint density at radius 3 is 2.46 bits per heavy atom. The van der Waals surface area contributed by atoms with Gasteiger partial charge in [-0.1, -0.05) is 12.5 Å². The average molecular weight is 358 g/mol. The Hall–Kier alpha value is -0.520. The molecule has 1 heterocycles. The first kappa shape index (κ1) is 18.3. The van der Waals surface area contributed by atoms with E-state index in [1.807, 2.05) is 0 Å². The van der Waals surface area contributed by atoms with Gasteiger partial charge in [-0.15, -0.1) is 0 Å². The predicted molar refractivity (Wildman–Crippen MR) is 88.9 cm³/mol. The van der Waals surface area contributed by atoms with Gasteiger partial charge in [0.1, 0.15) is 5.66 Å². The maximum absolute atomic E-state index is 13.2. The van der Waals surface area contributed by atoms with E-state index in [0.29, 0.717) is 19.6 Å². The van der Waals surface area contributed by atoms with E-state index in [4.69, 9.17) is 18.5 Å². The van der Waals surface area contributed by atoms with E-state index in [1.54, 1.807) is 19.9 Å². The highest BCUT2D eigenvalue weighted by molar-refractivity contribution is 7.55. The third-order valence-electron chi connectivity index (χ3n) is 5.50. The standard InChI is InChI=1S/C17H27O6P/c1-4-22-24(19,23-5-2)15-12-16(3)13(11-14(15)18)7-6-8-17(16)20-9-10-21-17/h11,15H,4-10,12H2,1-3H3. The molecule has 2 unspecified atom stereocenters. The lowest BCUT2D eigenvalue weighted by atomic mass is 9.62. The molecule has 0 aromatic carbocycles. The Morgan fingerprint density at radius 1 is 1.25 bits per heavy atom. The van der Waals surface area contributed by atoms with Gasteiger partial charge >= 0.3 is 7.60 Å². The molecule has 1 aliphatic heterocycles. The van der Waals surface area contributed by atoms with Gasteiger partial charge in [0.15, 0.2) is 11.6 Å². The minimum absolute atomic E-state index is 0.164. The van der Waals surface area contributed by atoms with Crippen molar-refractivity contribution < 1.29 is 27.9 Å². The molecule has 2 atom stereocenters. The van der Waals surface area contributed by atoms with Gasteiger partial charge in [-0.3, -0.25) is 9.36 Å². The lowest BCUT2D eigenvalue weighted by Crippen LogP contribution is -2.55. The fourth-order valence-corrected chi connectivity index (χ4v) is 6.47. The topological polar surface area (TPSA) is 71.1 Å². The Balaban J connectivity index is 2.00. The number of ketones is 1. The second-order valence-corrected chi connectivity index (χ2v) is 9.02. The first-order chi connectivity index (χ1) is 11.4. The molecule has 136 valence electrons.